The molecule has 0 fully saturated rings. The Morgan fingerprint density at radius 1 is 1.00 bits per heavy atom. The quantitative estimate of drug-likeness (QED) is 0.552. The van der Waals surface area contributed by atoms with Crippen LogP contribution in [0.15, 0.2) is 18.2 Å². The second-order valence-corrected chi connectivity index (χ2v) is 6.24. The zero-order valence-electron chi connectivity index (χ0n) is 14.5. The maximum Gasteiger partial charge on any atom is 0.313 e. The minimum atomic E-state index is -0.609. The van der Waals surface area contributed by atoms with Crippen molar-refractivity contribution in [1.82, 2.24) is 0 Å². The van der Waals surface area contributed by atoms with Crippen molar-refractivity contribution < 1.29 is 29.6 Å². The van der Waals surface area contributed by atoms with Crippen molar-refractivity contribution in [1.29, 1.82) is 0 Å². The molecule has 0 aliphatic carbocycles. The van der Waals surface area contributed by atoms with Crippen LogP contribution in [0.25, 0.3) is 0 Å². The van der Waals surface area contributed by atoms with E-state index >= 15 is 0 Å². The lowest BCUT2D eigenvalue weighted by molar-refractivity contribution is -0.402. The lowest BCUT2D eigenvalue weighted by Crippen LogP contribution is -2.67. The standard InChI is InChI=1S/C17H24N2O5/c1-9(2)16(21)23-13-6-5-11(7-12(18)15(19)20)8-14(13)24-17(22)10(3)4/h5-6,8-10,12H,7,18H2,1-4H3,(H2,19,20)/p+1. The van der Waals surface area contributed by atoms with Crippen LogP contribution in [0.1, 0.15) is 33.3 Å². The molecule has 0 spiro atoms. The van der Waals surface area contributed by atoms with Gasteiger partial charge in [-0.2, -0.15) is 0 Å². The number of benzene rings is 1. The first kappa shape index (κ1) is 19.6. The summed E-state index contributed by atoms with van der Waals surface area (Å²) < 4.78 is 10.6. The van der Waals surface area contributed by atoms with Gasteiger partial charge < -0.3 is 20.9 Å². The van der Waals surface area contributed by atoms with Gasteiger partial charge in [-0.3, -0.25) is 14.4 Å². The third-order valence-corrected chi connectivity index (χ3v) is 3.26. The van der Waals surface area contributed by atoms with Gasteiger partial charge in [-0.05, 0) is 17.7 Å². The molecule has 0 heterocycles. The van der Waals surface area contributed by atoms with Gasteiger partial charge in [-0.1, -0.05) is 33.8 Å². The van der Waals surface area contributed by atoms with E-state index in [4.69, 9.17) is 15.2 Å². The van der Waals surface area contributed by atoms with Crippen LogP contribution >= 0.6 is 0 Å². The van der Waals surface area contributed by atoms with E-state index in [1.54, 1.807) is 39.8 Å². The van der Waals surface area contributed by atoms with Gasteiger partial charge in [0.15, 0.2) is 17.5 Å². The molecular formula is C17H25N2O5+. The van der Waals surface area contributed by atoms with E-state index in [9.17, 15) is 14.4 Å². The average molecular weight is 337 g/mol. The first-order chi connectivity index (χ1) is 11.1. The van der Waals surface area contributed by atoms with Crippen molar-refractivity contribution in [2.45, 2.75) is 40.2 Å². The summed E-state index contributed by atoms with van der Waals surface area (Å²) in [6.07, 6.45) is 0.292. The van der Waals surface area contributed by atoms with E-state index in [0.717, 1.165) is 0 Å². The number of rotatable bonds is 7. The Hall–Kier alpha value is -2.41. The highest BCUT2D eigenvalue weighted by Crippen LogP contribution is 2.30. The number of primary amides is 1. The molecule has 0 radical (unpaired) electrons. The Morgan fingerprint density at radius 3 is 1.96 bits per heavy atom. The second-order valence-electron chi connectivity index (χ2n) is 6.24. The van der Waals surface area contributed by atoms with Crippen LogP contribution in [0.2, 0.25) is 0 Å². The predicted molar refractivity (Wildman–Crippen MR) is 87.0 cm³/mol. The molecule has 0 saturated heterocycles. The summed E-state index contributed by atoms with van der Waals surface area (Å²) in [7, 11) is 0. The zero-order valence-corrected chi connectivity index (χ0v) is 14.5. The molecule has 132 valence electrons. The lowest BCUT2D eigenvalue weighted by atomic mass is 10.1. The molecule has 7 nitrogen and oxygen atoms in total. The molecule has 0 bridgehead atoms. The molecule has 0 aliphatic heterocycles. The molecule has 1 aromatic carbocycles. The summed E-state index contributed by atoms with van der Waals surface area (Å²) in [6, 6.07) is 4.16. The minimum Gasteiger partial charge on any atom is -0.422 e. The number of carbonyl (C=O) groups is 3. The van der Waals surface area contributed by atoms with Crippen LogP contribution in [0.4, 0.5) is 0 Å². The normalized spacial score (nSPS) is 12.1. The van der Waals surface area contributed by atoms with Crippen LogP contribution in [0, 0.1) is 11.8 Å². The number of hydrogen-bond acceptors (Lipinski definition) is 5. The van der Waals surface area contributed by atoms with Crippen molar-refractivity contribution in [3.8, 4) is 11.5 Å². The van der Waals surface area contributed by atoms with Gasteiger partial charge >= 0.3 is 11.9 Å². The van der Waals surface area contributed by atoms with Gasteiger partial charge in [0.1, 0.15) is 0 Å². The van der Waals surface area contributed by atoms with E-state index in [0.29, 0.717) is 12.0 Å². The fourth-order valence-corrected chi connectivity index (χ4v) is 1.68. The van der Waals surface area contributed by atoms with Gasteiger partial charge in [0.2, 0.25) is 0 Å². The molecule has 1 aromatic rings. The number of hydrogen-bond donors (Lipinski definition) is 2. The maximum absolute atomic E-state index is 11.9. The van der Waals surface area contributed by atoms with Crippen molar-refractivity contribution in [3.63, 3.8) is 0 Å². The van der Waals surface area contributed by atoms with Gasteiger partial charge in [0, 0.05) is 6.42 Å². The molecule has 1 unspecified atom stereocenters. The maximum atomic E-state index is 11.9. The summed E-state index contributed by atoms with van der Waals surface area (Å²) in [5.41, 5.74) is 9.59. The van der Waals surface area contributed by atoms with Gasteiger partial charge in [-0.15, -0.1) is 0 Å². The smallest absolute Gasteiger partial charge is 0.313 e. The van der Waals surface area contributed by atoms with Crippen molar-refractivity contribution in [3.05, 3.63) is 23.8 Å². The van der Waals surface area contributed by atoms with Crippen LogP contribution in [-0.4, -0.2) is 23.9 Å². The largest absolute Gasteiger partial charge is 0.422 e. The molecule has 24 heavy (non-hydrogen) atoms. The topological polar surface area (TPSA) is 123 Å². The molecule has 1 atom stereocenters. The molecular weight excluding hydrogens is 312 g/mol. The van der Waals surface area contributed by atoms with E-state index < -0.39 is 23.9 Å². The zero-order chi connectivity index (χ0) is 18.4. The Kier molecular flexibility index (Phi) is 6.91. The van der Waals surface area contributed by atoms with Crippen LogP contribution in [0.5, 0.6) is 11.5 Å². The summed E-state index contributed by atoms with van der Waals surface area (Å²) >= 11 is 0. The third kappa shape index (κ3) is 5.66. The van der Waals surface area contributed by atoms with Gasteiger partial charge in [-0.25, -0.2) is 0 Å². The minimum absolute atomic E-state index is 0.136. The molecule has 0 saturated carbocycles. The van der Waals surface area contributed by atoms with Crippen molar-refractivity contribution in [2.75, 3.05) is 0 Å². The number of quaternary nitrogens is 1. The SMILES string of the molecule is CC(C)C(=O)Oc1ccc(CC([NH3+])C(N)=O)cc1OC(=O)C(C)C. The monoisotopic (exact) mass is 337 g/mol. The van der Waals surface area contributed by atoms with E-state index in [2.05, 4.69) is 5.73 Å². The van der Waals surface area contributed by atoms with E-state index in [1.807, 2.05) is 0 Å². The highest BCUT2D eigenvalue weighted by molar-refractivity contribution is 5.79. The molecule has 1 amide bonds. The first-order valence-corrected chi connectivity index (χ1v) is 7.80. The van der Waals surface area contributed by atoms with E-state index in [1.165, 1.54) is 6.07 Å². The fourth-order valence-electron chi connectivity index (χ4n) is 1.68. The van der Waals surface area contributed by atoms with Crippen molar-refractivity contribution >= 4 is 17.8 Å². The van der Waals surface area contributed by atoms with E-state index in [-0.39, 0.29) is 23.3 Å². The number of ether oxygens (including phenoxy) is 2. The fraction of sp³-hybridized carbons (Fsp3) is 0.471. The summed E-state index contributed by atoms with van der Waals surface area (Å²) in [5.74, 6) is -1.77. The summed E-state index contributed by atoms with van der Waals surface area (Å²) in [4.78, 5) is 34.8. The van der Waals surface area contributed by atoms with Crippen LogP contribution in [-0.2, 0) is 20.8 Å². The molecule has 0 aromatic heterocycles. The molecule has 7 heteroatoms. The Labute approximate surface area is 141 Å². The average Bonchev–Trinajstić information content (AvgIpc) is 2.49. The molecule has 5 N–H and O–H groups in total. The number of carbonyl (C=O) groups excluding carboxylic acids is 3. The van der Waals surface area contributed by atoms with Crippen LogP contribution < -0.4 is 20.9 Å². The number of amides is 1. The Morgan fingerprint density at radius 2 is 1.50 bits per heavy atom. The van der Waals surface area contributed by atoms with Crippen molar-refractivity contribution in [2.24, 2.45) is 17.6 Å². The summed E-state index contributed by atoms with van der Waals surface area (Å²) in [6.45, 7) is 6.81. The third-order valence-electron chi connectivity index (χ3n) is 3.26. The lowest BCUT2D eigenvalue weighted by Gasteiger charge is -2.14. The highest BCUT2D eigenvalue weighted by Gasteiger charge is 2.20. The Balaban J connectivity index is 3.11. The van der Waals surface area contributed by atoms with Crippen LogP contribution in [0.3, 0.4) is 0 Å². The summed E-state index contributed by atoms with van der Waals surface area (Å²) in [5, 5.41) is 0. The molecule has 1 rings (SSSR count). The predicted octanol–water partition coefficient (Wildman–Crippen LogP) is 0.448. The second kappa shape index (κ2) is 8.44. The highest BCUT2D eigenvalue weighted by atomic mass is 16.6. The van der Waals surface area contributed by atoms with Gasteiger partial charge in [0.25, 0.3) is 5.91 Å². The number of nitrogens with two attached hydrogens (primary N) is 1. The Bertz CT molecular complexity index is 625. The first-order valence-electron chi connectivity index (χ1n) is 7.80. The van der Waals surface area contributed by atoms with Gasteiger partial charge in [0.05, 0.1) is 11.8 Å². The number of esters is 2. The molecule has 0 aliphatic rings.